The minimum atomic E-state index is -4.38. The molecule has 4 N–H and O–H groups in total. The van der Waals surface area contributed by atoms with Crippen molar-refractivity contribution in [2.75, 3.05) is 0 Å². The molecule has 0 radical (unpaired) electrons. The number of carbonyl (C=O) groups is 2. The minimum Gasteiger partial charge on any atom is -0.321 e. The van der Waals surface area contributed by atoms with Crippen molar-refractivity contribution in [1.29, 1.82) is 0 Å². The second-order valence-corrected chi connectivity index (χ2v) is 13.0. The molecule has 0 saturated carbocycles. The lowest BCUT2D eigenvalue weighted by Gasteiger charge is -2.22. The van der Waals surface area contributed by atoms with Crippen LogP contribution in [-0.4, -0.2) is 23.7 Å². The Morgan fingerprint density at radius 1 is 0.658 bits per heavy atom. The van der Waals surface area contributed by atoms with Gasteiger partial charge in [-0.3, -0.25) is 9.59 Å². The third-order valence-corrected chi connectivity index (χ3v) is 6.14. The summed E-state index contributed by atoms with van der Waals surface area (Å²) in [7, 11) is 0. The minimum absolute atomic E-state index is 0.111. The van der Waals surface area contributed by atoms with Crippen LogP contribution in [0.1, 0.15) is 84.6 Å². The van der Waals surface area contributed by atoms with Gasteiger partial charge in [-0.2, -0.15) is 13.2 Å². The van der Waals surface area contributed by atoms with Gasteiger partial charge in [0.2, 0.25) is 0 Å². The summed E-state index contributed by atoms with van der Waals surface area (Å²) in [5.74, 6) is -0.0442. The van der Waals surface area contributed by atoms with E-state index in [1.807, 2.05) is 20.8 Å². The number of Topliss-reactive ketones (excluding diaryl/α,β-unsaturated/α-hetero) is 2. The summed E-state index contributed by atoms with van der Waals surface area (Å²) in [5, 5.41) is 0. The number of alkyl halides is 3. The maximum atomic E-state index is 12.6. The van der Waals surface area contributed by atoms with Gasteiger partial charge >= 0.3 is 6.18 Å². The van der Waals surface area contributed by atoms with Gasteiger partial charge in [0, 0.05) is 10.8 Å². The molecule has 2 aromatic rings. The fraction of sp³-hybridized carbons (Fsp3) is 0.548. The summed E-state index contributed by atoms with van der Waals surface area (Å²) in [6.45, 7) is 17.5. The zero-order chi connectivity index (χ0) is 29.7. The highest BCUT2D eigenvalue weighted by Crippen LogP contribution is 2.30. The second-order valence-electron chi connectivity index (χ2n) is 13.0. The number of hydrogen-bond donors (Lipinski definition) is 2. The van der Waals surface area contributed by atoms with Crippen LogP contribution in [0.5, 0.6) is 0 Å². The highest BCUT2D eigenvalue weighted by atomic mass is 19.4. The molecule has 4 nitrogen and oxygen atoms in total. The number of rotatable bonds is 6. The molecule has 2 aromatic carbocycles. The molecule has 0 saturated heterocycles. The molecular weight excluding hydrogens is 489 g/mol. The van der Waals surface area contributed by atoms with E-state index in [0.717, 1.165) is 17.7 Å². The van der Waals surface area contributed by atoms with Crippen molar-refractivity contribution >= 4 is 11.6 Å². The van der Waals surface area contributed by atoms with Gasteiger partial charge in [0.25, 0.3) is 0 Å². The van der Waals surface area contributed by atoms with E-state index >= 15 is 0 Å². The first-order chi connectivity index (χ1) is 17.0. The number of nitrogens with two attached hydrogens (primary N) is 2. The monoisotopic (exact) mass is 534 g/mol. The van der Waals surface area contributed by atoms with Gasteiger partial charge in [-0.05, 0) is 41.0 Å². The molecule has 0 fully saturated rings. The molecule has 212 valence electrons. The molecule has 0 spiro atoms. The van der Waals surface area contributed by atoms with Crippen LogP contribution in [0.2, 0.25) is 0 Å². The van der Waals surface area contributed by atoms with E-state index in [-0.39, 0.29) is 28.8 Å². The average Bonchev–Trinajstić information content (AvgIpc) is 2.76. The Bertz CT molecular complexity index is 1070. The van der Waals surface area contributed by atoms with Gasteiger partial charge in [-0.15, -0.1) is 0 Å². The fourth-order valence-corrected chi connectivity index (χ4v) is 3.82. The first-order valence-electron chi connectivity index (χ1n) is 12.9. The van der Waals surface area contributed by atoms with Gasteiger partial charge in [0.1, 0.15) is 0 Å². The van der Waals surface area contributed by atoms with E-state index in [2.05, 4.69) is 45.0 Å². The third kappa shape index (κ3) is 10.7. The Morgan fingerprint density at radius 3 is 1.45 bits per heavy atom. The first-order valence-corrected chi connectivity index (χ1v) is 12.9. The summed E-state index contributed by atoms with van der Waals surface area (Å²) in [6, 6.07) is 12.1. The number of benzene rings is 2. The van der Waals surface area contributed by atoms with Crippen LogP contribution < -0.4 is 11.5 Å². The maximum Gasteiger partial charge on any atom is 0.416 e. The molecule has 0 aliphatic carbocycles. The molecule has 0 heterocycles. The zero-order valence-electron chi connectivity index (χ0n) is 24.3. The van der Waals surface area contributed by atoms with Crippen molar-refractivity contribution in [3.63, 3.8) is 0 Å². The SMILES string of the molecule is CC(C)(C)C(=O)[C@H](N)Cc1ccc(C(C)(C)C)cc1.CC(C)(C)C(=O)[C@H](N)Cc1cccc(C(F)(F)F)c1. The van der Waals surface area contributed by atoms with Crippen LogP contribution in [0.25, 0.3) is 0 Å². The van der Waals surface area contributed by atoms with E-state index in [0.29, 0.717) is 12.0 Å². The van der Waals surface area contributed by atoms with Gasteiger partial charge < -0.3 is 11.5 Å². The van der Waals surface area contributed by atoms with E-state index in [1.165, 1.54) is 11.6 Å². The predicted molar refractivity (Wildman–Crippen MR) is 149 cm³/mol. The van der Waals surface area contributed by atoms with Crippen LogP contribution >= 0.6 is 0 Å². The molecule has 0 bridgehead atoms. The molecule has 38 heavy (non-hydrogen) atoms. The first kappa shape index (κ1) is 33.5. The van der Waals surface area contributed by atoms with Crippen molar-refractivity contribution < 1.29 is 22.8 Å². The third-order valence-electron chi connectivity index (χ3n) is 6.14. The molecule has 0 unspecified atom stereocenters. The van der Waals surface area contributed by atoms with Crippen molar-refractivity contribution in [2.24, 2.45) is 22.3 Å². The van der Waals surface area contributed by atoms with Crippen molar-refractivity contribution in [2.45, 2.75) is 98.8 Å². The molecular formula is C31H45F3N2O2. The Hall–Kier alpha value is -2.51. The zero-order valence-corrected chi connectivity index (χ0v) is 24.3. The Labute approximate surface area is 226 Å². The van der Waals surface area contributed by atoms with E-state index in [4.69, 9.17) is 11.5 Å². The van der Waals surface area contributed by atoms with Crippen molar-refractivity contribution in [3.8, 4) is 0 Å². The van der Waals surface area contributed by atoms with Gasteiger partial charge in [-0.1, -0.05) is 105 Å². The number of carbonyl (C=O) groups excluding carboxylic acids is 2. The number of ketones is 2. The summed E-state index contributed by atoms with van der Waals surface area (Å²) in [6.07, 6.45) is -3.66. The van der Waals surface area contributed by atoms with Crippen LogP contribution in [0.15, 0.2) is 48.5 Å². The Balaban J connectivity index is 0.000000380. The largest absolute Gasteiger partial charge is 0.416 e. The van der Waals surface area contributed by atoms with Gasteiger partial charge in [0.15, 0.2) is 11.6 Å². The average molecular weight is 535 g/mol. The second kappa shape index (κ2) is 12.6. The Kier molecular flexibility index (Phi) is 11.1. The smallest absolute Gasteiger partial charge is 0.321 e. The standard InChI is InChI=1S/C17H27NO.C14H18F3NO/c1-16(2,3)13-9-7-12(8-10-13)11-14(18)15(19)17(4,5)6;1-13(2,3)12(19)11(18)8-9-5-4-6-10(7-9)14(15,16)17/h7-10,14H,11,18H2,1-6H3;4-7,11H,8,18H2,1-3H3/t14-;11-/m11/s1. The highest BCUT2D eigenvalue weighted by Gasteiger charge is 2.31. The lowest BCUT2D eigenvalue weighted by atomic mass is 9.83. The molecule has 0 amide bonds. The molecule has 2 atom stereocenters. The molecule has 2 rings (SSSR count). The fourth-order valence-electron chi connectivity index (χ4n) is 3.82. The van der Waals surface area contributed by atoms with Crippen LogP contribution in [0.3, 0.4) is 0 Å². The lowest BCUT2D eigenvalue weighted by molar-refractivity contribution is -0.137. The topological polar surface area (TPSA) is 86.2 Å². The van der Waals surface area contributed by atoms with Crippen molar-refractivity contribution in [1.82, 2.24) is 0 Å². The normalized spacial score (nSPS) is 14.3. The number of halogens is 3. The van der Waals surface area contributed by atoms with E-state index in [9.17, 15) is 22.8 Å². The summed E-state index contributed by atoms with van der Waals surface area (Å²) in [4.78, 5) is 24.0. The van der Waals surface area contributed by atoms with E-state index in [1.54, 1.807) is 26.8 Å². The van der Waals surface area contributed by atoms with Gasteiger partial charge in [-0.25, -0.2) is 0 Å². The maximum absolute atomic E-state index is 12.6. The highest BCUT2D eigenvalue weighted by molar-refractivity contribution is 5.89. The summed E-state index contributed by atoms with van der Waals surface area (Å²) >= 11 is 0. The summed E-state index contributed by atoms with van der Waals surface area (Å²) in [5.41, 5.74) is 13.1. The van der Waals surface area contributed by atoms with Crippen LogP contribution in [0.4, 0.5) is 13.2 Å². The quantitative estimate of drug-likeness (QED) is 0.434. The molecule has 0 aliphatic rings. The van der Waals surface area contributed by atoms with Gasteiger partial charge in [0.05, 0.1) is 17.6 Å². The lowest BCUT2D eigenvalue weighted by Crippen LogP contribution is -2.40. The molecule has 7 heteroatoms. The molecule has 0 aromatic heterocycles. The Morgan fingerprint density at radius 2 is 1.08 bits per heavy atom. The van der Waals surface area contributed by atoms with Crippen LogP contribution in [0, 0.1) is 10.8 Å². The van der Waals surface area contributed by atoms with Crippen molar-refractivity contribution in [3.05, 3.63) is 70.8 Å². The molecule has 0 aliphatic heterocycles. The van der Waals surface area contributed by atoms with Crippen LogP contribution in [-0.2, 0) is 34.0 Å². The predicted octanol–water partition coefficient (Wildman–Crippen LogP) is 6.66. The summed E-state index contributed by atoms with van der Waals surface area (Å²) < 4.78 is 37.7. The number of hydrogen-bond acceptors (Lipinski definition) is 4. The van der Waals surface area contributed by atoms with E-state index < -0.39 is 29.2 Å².